The number of nitrogens with zero attached hydrogens (tertiary/aromatic N) is 2. The minimum Gasteiger partial charge on any atom is -0.359 e. The standard InChI is InChI=1S/C14H28N2/c1-4-6-8-10-14-15(3)12-13-16(14)11-9-7-5-2/h12-14H,4-11H2,1-3H3. The SMILES string of the molecule is CCCCCC1N(C)C=CN1CCCCC. The molecular weight excluding hydrogens is 196 g/mol. The molecule has 2 heteroatoms. The summed E-state index contributed by atoms with van der Waals surface area (Å²) in [6.07, 6.45) is 14.5. The van der Waals surface area contributed by atoms with E-state index in [0.717, 1.165) is 0 Å². The highest BCUT2D eigenvalue weighted by atomic mass is 15.4. The zero-order chi connectivity index (χ0) is 11.8. The van der Waals surface area contributed by atoms with Gasteiger partial charge in [-0.1, -0.05) is 39.5 Å². The lowest BCUT2D eigenvalue weighted by Gasteiger charge is -2.30. The van der Waals surface area contributed by atoms with Crippen LogP contribution in [0.25, 0.3) is 0 Å². The van der Waals surface area contributed by atoms with Gasteiger partial charge >= 0.3 is 0 Å². The van der Waals surface area contributed by atoms with Gasteiger partial charge in [-0.05, 0) is 19.3 Å². The molecule has 1 aliphatic rings. The fourth-order valence-corrected chi connectivity index (χ4v) is 2.34. The summed E-state index contributed by atoms with van der Waals surface area (Å²) in [5.74, 6) is 0. The molecule has 0 saturated carbocycles. The van der Waals surface area contributed by atoms with E-state index in [1.54, 1.807) is 0 Å². The molecule has 0 radical (unpaired) electrons. The van der Waals surface area contributed by atoms with Crippen LogP contribution in [0.3, 0.4) is 0 Å². The van der Waals surface area contributed by atoms with Gasteiger partial charge < -0.3 is 9.80 Å². The molecule has 2 nitrogen and oxygen atoms in total. The fraction of sp³-hybridized carbons (Fsp3) is 0.857. The van der Waals surface area contributed by atoms with Crippen LogP contribution in [0.15, 0.2) is 12.4 Å². The van der Waals surface area contributed by atoms with E-state index in [1.807, 2.05) is 0 Å². The maximum atomic E-state index is 2.52. The van der Waals surface area contributed by atoms with Crippen molar-refractivity contribution in [1.29, 1.82) is 0 Å². The van der Waals surface area contributed by atoms with Crippen molar-refractivity contribution >= 4 is 0 Å². The summed E-state index contributed by atoms with van der Waals surface area (Å²) in [5.41, 5.74) is 0. The quantitative estimate of drug-likeness (QED) is 0.579. The molecule has 1 heterocycles. The third-order valence-electron chi connectivity index (χ3n) is 3.43. The summed E-state index contributed by atoms with van der Waals surface area (Å²) in [6.45, 7) is 5.77. The molecule has 0 spiro atoms. The van der Waals surface area contributed by atoms with Crippen LogP contribution in [-0.2, 0) is 0 Å². The van der Waals surface area contributed by atoms with Crippen molar-refractivity contribution in [2.24, 2.45) is 0 Å². The lowest BCUT2D eigenvalue weighted by atomic mass is 10.1. The first-order valence-electron chi connectivity index (χ1n) is 6.95. The Balaban J connectivity index is 2.27. The molecule has 0 aromatic rings. The average molecular weight is 224 g/mol. The zero-order valence-corrected chi connectivity index (χ0v) is 11.3. The molecule has 0 saturated heterocycles. The molecule has 0 aromatic carbocycles. The average Bonchev–Trinajstić information content (AvgIpc) is 2.62. The van der Waals surface area contributed by atoms with E-state index < -0.39 is 0 Å². The van der Waals surface area contributed by atoms with Crippen molar-refractivity contribution in [3.05, 3.63) is 12.4 Å². The van der Waals surface area contributed by atoms with Crippen molar-refractivity contribution in [2.45, 2.75) is 65.0 Å². The van der Waals surface area contributed by atoms with Crippen molar-refractivity contribution in [1.82, 2.24) is 9.80 Å². The second kappa shape index (κ2) is 7.59. The summed E-state index contributed by atoms with van der Waals surface area (Å²) in [5, 5.41) is 0. The Morgan fingerprint density at radius 3 is 2.31 bits per heavy atom. The Morgan fingerprint density at radius 2 is 1.62 bits per heavy atom. The van der Waals surface area contributed by atoms with Gasteiger partial charge in [0.25, 0.3) is 0 Å². The van der Waals surface area contributed by atoms with Crippen LogP contribution in [0.2, 0.25) is 0 Å². The van der Waals surface area contributed by atoms with E-state index in [0.29, 0.717) is 6.17 Å². The fourth-order valence-electron chi connectivity index (χ4n) is 2.34. The van der Waals surface area contributed by atoms with Gasteiger partial charge in [0.2, 0.25) is 0 Å². The third-order valence-corrected chi connectivity index (χ3v) is 3.43. The molecule has 0 amide bonds. The maximum Gasteiger partial charge on any atom is 0.100 e. The molecule has 1 aliphatic heterocycles. The van der Waals surface area contributed by atoms with Crippen molar-refractivity contribution in [2.75, 3.05) is 13.6 Å². The Morgan fingerprint density at radius 1 is 0.938 bits per heavy atom. The lowest BCUT2D eigenvalue weighted by molar-refractivity contribution is 0.159. The van der Waals surface area contributed by atoms with Gasteiger partial charge in [0.15, 0.2) is 0 Å². The molecule has 94 valence electrons. The van der Waals surface area contributed by atoms with Crippen molar-refractivity contribution in [3.8, 4) is 0 Å². The highest BCUT2D eigenvalue weighted by Crippen LogP contribution is 2.20. The lowest BCUT2D eigenvalue weighted by Crippen LogP contribution is -2.36. The van der Waals surface area contributed by atoms with Crippen molar-refractivity contribution in [3.63, 3.8) is 0 Å². The van der Waals surface area contributed by atoms with E-state index in [4.69, 9.17) is 0 Å². The van der Waals surface area contributed by atoms with Crippen LogP contribution in [0, 0.1) is 0 Å². The Labute approximate surface area is 101 Å². The summed E-state index contributed by atoms with van der Waals surface area (Å²) >= 11 is 0. The minimum atomic E-state index is 0.628. The minimum absolute atomic E-state index is 0.628. The monoisotopic (exact) mass is 224 g/mol. The predicted molar refractivity (Wildman–Crippen MR) is 71.1 cm³/mol. The van der Waals surface area contributed by atoms with Gasteiger partial charge in [0.05, 0.1) is 0 Å². The summed E-state index contributed by atoms with van der Waals surface area (Å²) < 4.78 is 0. The van der Waals surface area contributed by atoms with E-state index in [-0.39, 0.29) is 0 Å². The van der Waals surface area contributed by atoms with Gasteiger partial charge in [-0.15, -0.1) is 0 Å². The second-order valence-electron chi connectivity index (χ2n) is 4.88. The molecule has 1 atom stereocenters. The highest BCUT2D eigenvalue weighted by molar-refractivity contribution is 4.95. The van der Waals surface area contributed by atoms with E-state index >= 15 is 0 Å². The number of unbranched alkanes of at least 4 members (excludes halogenated alkanes) is 4. The molecule has 16 heavy (non-hydrogen) atoms. The Hall–Kier alpha value is -0.660. The summed E-state index contributed by atoms with van der Waals surface area (Å²) in [4.78, 5) is 4.88. The van der Waals surface area contributed by atoms with Gasteiger partial charge in [0.1, 0.15) is 6.17 Å². The summed E-state index contributed by atoms with van der Waals surface area (Å²) in [7, 11) is 2.20. The number of hydrogen-bond acceptors (Lipinski definition) is 2. The van der Waals surface area contributed by atoms with Crippen LogP contribution in [0.5, 0.6) is 0 Å². The van der Waals surface area contributed by atoms with Crippen LogP contribution in [0.4, 0.5) is 0 Å². The maximum absolute atomic E-state index is 2.52. The molecule has 0 bridgehead atoms. The Kier molecular flexibility index (Phi) is 6.36. The van der Waals surface area contributed by atoms with Crippen molar-refractivity contribution < 1.29 is 0 Å². The molecule has 0 aromatic heterocycles. The van der Waals surface area contributed by atoms with Crippen LogP contribution >= 0.6 is 0 Å². The first-order chi connectivity index (χ1) is 7.79. The molecular formula is C14H28N2. The topological polar surface area (TPSA) is 6.48 Å². The first-order valence-corrected chi connectivity index (χ1v) is 6.95. The zero-order valence-electron chi connectivity index (χ0n) is 11.3. The number of rotatable bonds is 8. The van der Waals surface area contributed by atoms with Gasteiger partial charge in [-0.25, -0.2) is 0 Å². The Bertz CT molecular complexity index is 201. The summed E-state index contributed by atoms with van der Waals surface area (Å²) in [6, 6.07) is 0. The third kappa shape index (κ3) is 4.07. The van der Waals surface area contributed by atoms with Crippen LogP contribution in [0.1, 0.15) is 58.8 Å². The van der Waals surface area contributed by atoms with E-state index in [1.165, 1.54) is 51.5 Å². The molecule has 0 aliphatic carbocycles. The van der Waals surface area contributed by atoms with Crippen LogP contribution in [-0.4, -0.2) is 29.6 Å². The van der Waals surface area contributed by atoms with Crippen LogP contribution < -0.4 is 0 Å². The van der Waals surface area contributed by atoms with E-state index in [9.17, 15) is 0 Å². The molecule has 0 fully saturated rings. The van der Waals surface area contributed by atoms with Gasteiger partial charge in [-0.2, -0.15) is 0 Å². The molecule has 1 unspecified atom stereocenters. The van der Waals surface area contributed by atoms with E-state index in [2.05, 4.69) is 43.1 Å². The van der Waals surface area contributed by atoms with Gasteiger partial charge in [-0.3, -0.25) is 0 Å². The largest absolute Gasteiger partial charge is 0.359 e. The normalized spacial score (nSPS) is 19.8. The smallest absolute Gasteiger partial charge is 0.100 e. The first kappa shape index (κ1) is 13.4. The second-order valence-corrected chi connectivity index (χ2v) is 4.88. The molecule has 1 rings (SSSR count). The molecule has 0 N–H and O–H groups in total. The highest BCUT2D eigenvalue weighted by Gasteiger charge is 2.21. The van der Waals surface area contributed by atoms with Gasteiger partial charge in [0, 0.05) is 26.0 Å². The number of hydrogen-bond donors (Lipinski definition) is 0. The predicted octanol–water partition coefficient (Wildman–Crippen LogP) is 3.80.